The van der Waals surface area contributed by atoms with Gasteiger partial charge in [0, 0.05) is 6.08 Å². The zero-order chi connectivity index (χ0) is 16.0. The van der Waals surface area contributed by atoms with E-state index in [4.69, 9.17) is 10.2 Å². The minimum Gasteiger partial charge on any atom is -0.481 e. The number of carbonyl (C=O) groups excluding carboxylic acids is 1. The first kappa shape index (κ1) is 16.4. The predicted molar refractivity (Wildman–Crippen MR) is 76.8 cm³/mol. The van der Waals surface area contributed by atoms with Crippen LogP contribution in [0.5, 0.6) is 0 Å². The fraction of sp³-hybridized carbons (Fsp3) is 0.267. The Bertz CT molecular complexity index is 592. The smallest absolute Gasteiger partial charge is 0.326 e. The third-order valence-electron chi connectivity index (χ3n) is 2.83. The number of carboxylic acid groups (broad SMARTS) is 2. The number of aliphatic carboxylic acids is 2. The molecule has 1 atom stereocenters. The number of rotatable bonds is 6. The van der Waals surface area contributed by atoms with Gasteiger partial charge in [0.1, 0.15) is 6.04 Å². The summed E-state index contributed by atoms with van der Waals surface area (Å²) in [6.07, 6.45) is 2.08. The number of hydrogen-bond acceptors (Lipinski definition) is 3. The molecule has 1 aromatic rings. The lowest BCUT2D eigenvalue weighted by Crippen LogP contribution is -2.41. The molecule has 1 rings (SSSR count). The number of amides is 1. The van der Waals surface area contributed by atoms with E-state index in [1.165, 1.54) is 6.08 Å². The van der Waals surface area contributed by atoms with E-state index in [2.05, 4.69) is 5.32 Å². The van der Waals surface area contributed by atoms with Crippen LogP contribution in [0.1, 0.15) is 23.1 Å². The maximum absolute atomic E-state index is 11.6. The standard InChI is InChI=1S/C15H17NO5/c1-9-3-4-11(10(2)7-9)5-6-13(17)16-12(15(20)21)8-14(18)19/h3-7,12H,8H2,1-2H3,(H,16,17)(H,18,19)(H,20,21)/b6-5+/t12-/m0/s1. The number of carboxylic acids is 2. The van der Waals surface area contributed by atoms with Gasteiger partial charge < -0.3 is 15.5 Å². The number of hydrogen-bond donors (Lipinski definition) is 3. The molecule has 0 aliphatic carbocycles. The van der Waals surface area contributed by atoms with Crippen molar-refractivity contribution in [2.24, 2.45) is 0 Å². The summed E-state index contributed by atoms with van der Waals surface area (Å²) in [7, 11) is 0. The minimum absolute atomic E-state index is 0.649. The van der Waals surface area contributed by atoms with Crippen molar-refractivity contribution in [1.82, 2.24) is 5.32 Å². The van der Waals surface area contributed by atoms with E-state index < -0.39 is 30.3 Å². The third kappa shape index (κ3) is 5.48. The summed E-state index contributed by atoms with van der Waals surface area (Å²) in [5.74, 6) is -3.32. The van der Waals surface area contributed by atoms with E-state index in [0.717, 1.165) is 16.7 Å². The van der Waals surface area contributed by atoms with Crippen molar-refractivity contribution in [2.45, 2.75) is 26.3 Å². The van der Waals surface area contributed by atoms with Gasteiger partial charge in [0.2, 0.25) is 5.91 Å². The number of benzene rings is 1. The highest BCUT2D eigenvalue weighted by Crippen LogP contribution is 2.12. The molecule has 1 aromatic carbocycles. The average Bonchev–Trinajstić information content (AvgIpc) is 2.36. The summed E-state index contributed by atoms with van der Waals surface area (Å²) in [6.45, 7) is 3.85. The normalized spacial score (nSPS) is 12.1. The van der Waals surface area contributed by atoms with Crippen LogP contribution in [-0.2, 0) is 14.4 Å². The fourth-order valence-corrected chi connectivity index (χ4v) is 1.77. The molecule has 0 heterocycles. The largest absolute Gasteiger partial charge is 0.481 e. The highest BCUT2D eigenvalue weighted by molar-refractivity contribution is 5.95. The quantitative estimate of drug-likeness (QED) is 0.687. The van der Waals surface area contributed by atoms with Crippen molar-refractivity contribution in [1.29, 1.82) is 0 Å². The van der Waals surface area contributed by atoms with Crippen LogP contribution in [0, 0.1) is 13.8 Å². The van der Waals surface area contributed by atoms with Gasteiger partial charge in [0.15, 0.2) is 0 Å². The average molecular weight is 291 g/mol. The molecule has 112 valence electrons. The molecule has 3 N–H and O–H groups in total. The first-order valence-electron chi connectivity index (χ1n) is 6.30. The lowest BCUT2D eigenvalue weighted by molar-refractivity contribution is -0.146. The number of carbonyl (C=O) groups is 3. The Labute approximate surface area is 122 Å². The van der Waals surface area contributed by atoms with Crippen molar-refractivity contribution in [3.8, 4) is 0 Å². The Morgan fingerprint density at radius 1 is 1.24 bits per heavy atom. The molecule has 0 radical (unpaired) electrons. The molecule has 21 heavy (non-hydrogen) atoms. The molecule has 6 heteroatoms. The zero-order valence-electron chi connectivity index (χ0n) is 11.8. The Kier molecular flexibility index (Phi) is 5.66. The summed E-state index contributed by atoms with van der Waals surface area (Å²) in [4.78, 5) is 33.0. The van der Waals surface area contributed by atoms with E-state index in [-0.39, 0.29) is 0 Å². The van der Waals surface area contributed by atoms with Crippen LogP contribution in [0.25, 0.3) is 6.08 Å². The minimum atomic E-state index is -1.45. The molecular weight excluding hydrogens is 274 g/mol. The molecule has 0 saturated heterocycles. The summed E-state index contributed by atoms with van der Waals surface area (Å²) in [5, 5.41) is 19.6. The van der Waals surface area contributed by atoms with E-state index >= 15 is 0 Å². The van der Waals surface area contributed by atoms with Crippen molar-refractivity contribution in [2.75, 3.05) is 0 Å². The second-order valence-corrected chi connectivity index (χ2v) is 4.69. The van der Waals surface area contributed by atoms with Gasteiger partial charge in [-0.2, -0.15) is 0 Å². The molecule has 0 aliphatic heterocycles. The first-order valence-corrected chi connectivity index (χ1v) is 6.30. The Morgan fingerprint density at radius 2 is 1.90 bits per heavy atom. The molecule has 0 aromatic heterocycles. The molecular formula is C15H17NO5. The van der Waals surface area contributed by atoms with Crippen LogP contribution in [0.15, 0.2) is 24.3 Å². The van der Waals surface area contributed by atoms with Gasteiger partial charge in [-0.15, -0.1) is 0 Å². The van der Waals surface area contributed by atoms with Crippen LogP contribution in [0.3, 0.4) is 0 Å². The molecule has 0 bridgehead atoms. The molecule has 0 saturated carbocycles. The monoisotopic (exact) mass is 291 g/mol. The zero-order valence-corrected chi connectivity index (χ0v) is 11.8. The molecule has 0 unspecified atom stereocenters. The van der Waals surface area contributed by atoms with E-state index in [1.807, 2.05) is 32.0 Å². The Morgan fingerprint density at radius 3 is 2.43 bits per heavy atom. The molecule has 0 fully saturated rings. The lowest BCUT2D eigenvalue weighted by atomic mass is 10.1. The summed E-state index contributed by atoms with van der Waals surface area (Å²) in [6, 6.07) is 4.26. The van der Waals surface area contributed by atoms with Gasteiger partial charge >= 0.3 is 11.9 Å². The molecule has 1 amide bonds. The van der Waals surface area contributed by atoms with Crippen molar-refractivity contribution in [3.63, 3.8) is 0 Å². The SMILES string of the molecule is Cc1ccc(/C=C/C(=O)N[C@@H](CC(=O)O)C(=O)O)c(C)c1. The molecule has 0 spiro atoms. The second-order valence-electron chi connectivity index (χ2n) is 4.69. The van der Waals surface area contributed by atoms with Gasteiger partial charge in [-0.3, -0.25) is 9.59 Å². The van der Waals surface area contributed by atoms with Crippen LogP contribution in [-0.4, -0.2) is 34.1 Å². The van der Waals surface area contributed by atoms with Gasteiger partial charge in [-0.1, -0.05) is 23.8 Å². The highest BCUT2D eigenvalue weighted by Gasteiger charge is 2.21. The third-order valence-corrected chi connectivity index (χ3v) is 2.83. The van der Waals surface area contributed by atoms with E-state index in [9.17, 15) is 14.4 Å². The van der Waals surface area contributed by atoms with Crippen molar-refractivity contribution in [3.05, 3.63) is 41.0 Å². The van der Waals surface area contributed by atoms with Crippen LogP contribution in [0.4, 0.5) is 0 Å². The van der Waals surface area contributed by atoms with Gasteiger partial charge in [0.05, 0.1) is 6.42 Å². The van der Waals surface area contributed by atoms with Gasteiger partial charge in [-0.25, -0.2) is 4.79 Å². The van der Waals surface area contributed by atoms with E-state index in [1.54, 1.807) is 6.08 Å². The Hall–Kier alpha value is -2.63. The first-order chi connectivity index (χ1) is 9.79. The number of aryl methyl sites for hydroxylation is 2. The van der Waals surface area contributed by atoms with Crippen molar-refractivity contribution < 1.29 is 24.6 Å². The topological polar surface area (TPSA) is 104 Å². The van der Waals surface area contributed by atoms with Crippen LogP contribution < -0.4 is 5.32 Å². The Balaban J connectivity index is 2.73. The highest BCUT2D eigenvalue weighted by atomic mass is 16.4. The fourth-order valence-electron chi connectivity index (χ4n) is 1.77. The van der Waals surface area contributed by atoms with Crippen LogP contribution in [0.2, 0.25) is 0 Å². The van der Waals surface area contributed by atoms with Crippen LogP contribution >= 0.6 is 0 Å². The molecule has 6 nitrogen and oxygen atoms in total. The van der Waals surface area contributed by atoms with E-state index in [0.29, 0.717) is 0 Å². The maximum atomic E-state index is 11.6. The van der Waals surface area contributed by atoms with Crippen molar-refractivity contribution >= 4 is 23.9 Å². The molecule has 0 aliphatic rings. The van der Waals surface area contributed by atoms with Gasteiger partial charge in [0.25, 0.3) is 0 Å². The maximum Gasteiger partial charge on any atom is 0.326 e. The lowest BCUT2D eigenvalue weighted by Gasteiger charge is -2.10. The number of nitrogens with one attached hydrogen (secondary N) is 1. The van der Waals surface area contributed by atoms with Gasteiger partial charge in [-0.05, 0) is 31.1 Å². The summed E-state index contributed by atoms with van der Waals surface area (Å²) < 4.78 is 0. The summed E-state index contributed by atoms with van der Waals surface area (Å²) >= 11 is 0. The predicted octanol–water partition coefficient (Wildman–Crippen LogP) is 1.36. The second kappa shape index (κ2) is 7.23. The summed E-state index contributed by atoms with van der Waals surface area (Å²) in [5.41, 5.74) is 2.92.